The molecule has 0 radical (unpaired) electrons. The lowest BCUT2D eigenvalue weighted by Gasteiger charge is -2.49. The van der Waals surface area contributed by atoms with E-state index in [9.17, 15) is 24.3 Å². The highest BCUT2D eigenvalue weighted by Gasteiger charge is 2.54. The van der Waals surface area contributed by atoms with Gasteiger partial charge in [0.1, 0.15) is 22.8 Å². The van der Waals surface area contributed by atoms with Crippen LogP contribution in [-0.2, 0) is 28.8 Å². The Kier molecular flexibility index (Phi) is 7.60. The summed E-state index contributed by atoms with van der Waals surface area (Å²) in [4.78, 5) is 58.1. The number of ether oxygens (including phenoxy) is 1. The maximum Gasteiger partial charge on any atom is 0.353 e. The lowest BCUT2D eigenvalue weighted by molar-refractivity contribution is -0.150. The number of carbonyl (C=O) groups is 4. The summed E-state index contributed by atoms with van der Waals surface area (Å²) < 4.78 is 4.96. The molecule has 5 N–H and O–H groups in total. The zero-order chi connectivity index (χ0) is 23.4. The fourth-order valence-corrected chi connectivity index (χ4v) is 5.66. The number of nitrogens with two attached hydrogens (primary N) is 1. The Morgan fingerprint density at radius 3 is 2.78 bits per heavy atom. The van der Waals surface area contributed by atoms with Crippen LogP contribution in [0.15, 0.2) is 21.1 Å². The highest BCUT2D eigenvalue weighted by atomic mass is 32.2. The molecule has 32 heavy (non-hydrogen) atoms. The summed E-state index contributed by atoms with van der Waals surface area (Å²) in [6, 6.07) is -1.02. The van der Waals surface area contributed by atoms with Crippen LogP contribution in [0.1, 0.15) is 5.69 Å². The largest absolute Gasteiger partial charge is 0.479 e. The number of methoxy groups -OCH3 is 1. The number of nitrogen functional groups attached to an aromatic ring is 1. The van der Waals surface area contributed by atoms with Crippen molar-refractivity contribution in [3.05, 3.63) is 21.7 Å². The van der Waals surface area contributed by atoms with Crippen molar-refractivity contribution in [1.82, 2.24) is 15.2 Å². The van der Waals surface area contributed by atoms with Gasteiger partial charge >= 0.3 is 11.9 Å². The maximum absolute atomic E-state index is 12.8. The van der Waals surface area contributed by atoms with Crippen molar-refractivity contribution in [3.8, 4) is 0 Å². The molecule has 172 valence electrons. The number of thiazole rings is 1. The van der Waals surface area contributed by atoms with Crippen LogP contribution in [0.5, 0.6) is 0 Å². The van der Waals surface area contributed by atoms with Gasteiger partial charge < -0.3 is 30.8 Å². The van der Waals surface area contributed by atoms with E-state index in [2.05, 4.69) is 20.3 Å². The molecule has 13 nitrogen and oxygen atoms in total. The van der Waals surface area contributed by atoms with Gasteiger partial charge in [0.05, 0.1) is 5.94 Å². The maximum atomic E-state index is 12.8. The van der Waals surface area contributed by atoms with E-state index in [-0.39, 0.29) is 28.2 Å². The number of aromatic nitrogens is 1. The van der Waals surface area contributed by atoms with Crippen LogP contribution >= 0.6 is 34.9 Å². The molecule has 1 aromatic heterocycles. The number of nitrogens with one attached hydrogen (secondary N) is 1. The third-order valence-electron chi connectivity index (χ3n) is 4.10. The Morgan fingerprint density at radius 2 is 2.19 bits per heavy atom. The number of carbonyl (C=O) groups excluding carboxylic acids is 2. The SMILES string of the molecule is COCSC1=C(C(=O)O)N2C(=O)[C@@H](NC(=O)/C(=N\OCC(=O)O)c3csc(N)n3)[C@H]2SC1. The molecule has 0 aromatic carbocycles. The number of nitrogens with zero attached hydrogens (tertiary/aromatic N) is 3. The molecule has 1 aromatic rings. The summed E-state index contributed by atoms with van der Waals surface area (Å²) in [6.45, 7) is -0.792. The van der Waals surface area contributed by atoms with Crippen LogP contribution in [-0.4, -0.2) is 86.4 Å². The molecule has 3 heterocycles. The van der Waals surface area contributed by atoms with Crippen molar-refractivity contribution < 1.29 is 39.0 Å². The van der Waals surface area contributed by atoms with Crippen molar-refractivity contribution >= 4 is 69.5 Å². The summed E-state index contributed by atoms with van der Waals surface area (Å²) in [5, 5.41) is 25.3. The first-order chi connectivity index (χ1) is 15.2. The molecule has 3 rings (SSSR count). The fraction of sp³-hybridized carbons (Fsp3) is 0.375. The van der Waals surface area contributed by atoms with Crippen LogP contribution in [0.3, 0.4) is 0 Å². The highest BCUT2D eigenvalue weighted by molar-refractivity contribution is 8.06. The summed E-state index contributed by atoms with van der Waals surface area (Å²) in [5.74, 6) is -3.46. The van der Waals surface area contributed by atoms with Crippen LogP contribution < -0.4 is 11.1 Å². The molecular formula is C16H17N5O8S3. The van der Waals surface area contributed by atoms with E-state index < -0.39 is 41.8 Å². The van der Waals surface area contributed by atoms with Crippen molar-refractivity contribution in [1.29, 1.82) is 0 Å². The smallest absolute Gasteiger partial charge is 0.353 e. The van der Waals surface area contributed by atoms with Crippen molar-refractivity contribution in [2.24, 2.45) is 5.16 Å². The molecule has 16 heteroatoms. The number of aliphatic carboxylic acids is 2. The van der Waals surface area contributed by atoms with Gasteiger partial charge in [-0.3, -0.25) is 14.5 Å². The summed E-state index contributed by atoms with van der Waals surface area (Å²) in [7, 11) is 1.47. The van der Waals surface area contributed by atoms with E-state index >= 15 is 0 Å². The number of fused-ring (bicyclic) bond motifs is 1. The fourth-order valence-electron chi connectivity index (χ4n) is 2.79. The van der Waals surface area contributed by atoms with Gasteiger partial charge in [0, 0.05) is 23.1 Å². The third-order valence-corrected chi connectivity index (χ3v) is 7.27. The predicted octanol–water partition coefficient (Wildman–Crippen LogP) is -0.436. The average molecular weight is 504 g/mol. The molecule has 2 amide bonds. The molecule has 0 saturated carbocycles. The zero-order valence-electron chi connectivity index (χ0n) is 16.3. The zero-order valence-corrected chi connectivity index (χ0v) is 18.8. The third kappa shape index (κ3) is 4.98. The number of hydrogen-bond acceptors (Lipinski definition) is 12. The van der Waals surface area contributed by atoms with E-state index in [0.717, 1.165) is 16.2 Å². The Balaban J connectivity index is 1.77. The van der Waals surface area contributed by atoms with Crippen molar-refractivity contribution in [2.45, 2.75) is 11.4 Å². The van der Waals surface area contributed by atoms with Crippen LogP contribution in [0.25, 0.3) is 0 Å². The first-order valence-electron chi connectivity index (χ1n) is 8.71. The molecule has 0 unspecified atom stereocenters. The Morgan fingerprint density at radius 1 is 1.44 bits per heavy atom. The van der Waals surface area contributed by atoms with Gasteiger partial charge in [0.2, 0.25) is 6.61 Å². The van der Waals surface area contributed by atoms with Gasteiger partial charge in [-0.1, -0.05) is 16.9 Å². The number of anilines is 1. The second kappa shape index (κ2) is 10.2. The highest BCUT2D eigenvalue weighted by Crippen LogP contribution is 2.43. The van der Waals surface area contributed by atoms with Crippen molar-refractivity contribution in [3.63, 3.8) is 0 Å². The minimum absolute atomic E-state index is 0.0414. The number of hydrogen-bond donors (Lipinski definition) is 4. The summed E-state index contributed by atoms with van der Waals surface area (Å²) in [6.07, 6.45) is 0. The number of oxime groups is 1. The van der Waals surface area contributed by atoms with E-state index in [4.69, 9.17) is 15.6 Å². The van der Waals surface area contributed by atoms with Crippen LogP contribution in [0, 0.1) is 0 Å². The lowest BCUT2D eigenvalue weighted by Crippen LogP contribution is -2.71. The van der Waals surface area contributed by atoms with Gasteiger partial charge in [-0.15, -0.1) is 23.1 Å². The van der Waals surface area contributed by atoms with E-state index in [1.807, 2.05) is 0 Å². The van der Waals surface area contributed by atoms with E-state index in [0.29, 0.717) is 10.7 Å². The second-order valence-electron chi connectivity index (χ2n) is 6.17. The number of amides is 2. The van der Waals surface area contributed by atoms with Crippen molar-refractivity contribution in [2.75, 3.05) is 31.1 Å². The molecule has 0 bridgehead atoms. The van der Waals surface area contributed by atoms with Gasteiger partial charge in [-0.25, -0.2) is 14.6 Å². The quantitative estimate of drug-likeness (QED) is 0.139. The number of carboxylic acid groups (broad SMARTS) is 2. The molecule has 0 aliphatic carbocycles. The predicted molar refractivity (Wildman–Crippen MR) is 116 cm³/mol. The first kappa shape index (κ1) is 23.8. The second-order valence-corrected chi connectivity index (χ2v) is 9.18. The van der Waals surface area contributed by atoms with E-state index in [1.54, 1.807) is 0 Å². The number of carboxylic acids is 2. The Bertz CT molecular complexity index is 1010. The number of β-lactam (4-membered cyclic amide) rings is 1. The molecule has 1 fully saturated rings. The van der Waals surface area contributed by atoms with E-state index in [1.165, 1.54) is 36.0 Å². The number of thioether (sulfide) groups is 2. The minimum Gasteiger partial charge on any atom is -0.479 e. The Hall–Kier alpha value is -2.82. The monoisotopic (exact) mass is 503 g/mol. The first-order valence-corrected chi connectivity index (χ1v) is 11.6. The standard InChI is InChI=1S/C16H17N5O8S3/c1-28-5-32-7-4-30-14-10(13(25)21(14)11(7)15(26)27)19-12(24)9(20-29-2-8(22)23)6-3-31-16(17)18-6/h3,10,14H,2,4-5H2,1H3,(H2,17,18)(H,19,24)(H,22,23)(H,26,27)/b20-9-/t10-,14-/m1/s1. The Labute approximate surface area is 193 Å². The molecule has 2 atom stereocenters. The molecule has 2 aliphatic rings. The lowest BCUT2D eigenvalue weighted by atomic mass is 10.0. The van der Waals surface area contributed by atoms with Gasteiger partial charge in [-0.05, 0) is 0 Å². The normalized spacial score (nSPS) is 20.5. The number of rotatable bonds is 10. The molecule has 1 saturated heterocycles. The van der Waals surface area contributed by atoms with Crippen LogP contribution in [0.2, 0.25) is 0 Å². The summed E-state index contributed by atoms with van der Waals surface area (Å²) in [5.41, 5.74) is 5.12. The molecule has 2 aliphatic heterocycles. The van der Waals surface area contributed by atoms with Crippen LogP contribution in [0.4, 0.5) is 5.13 Å². The topological polar surface area (TPSA) is 194 Å². The van der Waals surface area contributed by atoms with Gasteiger partial charge in [0.15, 0.2) is 10.8 Å². The van der Waals surface area contributed by atoms with Gasteiger partial charge in [-0.2, -0.15) is 0 Å². The molecular weight excluding hydrogens is 486 g/mol. The summed E-state index contributed by atoms with van der Waals surface area (Å²) >= 11 is 3.50. The minimum atomic E-state index is -1.30. The molecule has 0 spiro atoms. The van der Waals surface area contributed by atoms with Gasteiger partial charge in [0.25, 0.3) is 11.8 Å². The average Bonchev–Trinajstić information content (AvgIpc) is 3.17.